The number of thiophene rings is 1. The van der Waals surface area contributed by atoms with Crippen molar-refractivity contribution in [3.63, 3.8) is 0 Å². The molecule has 5 nitrogen and oxygen atoms in total. The molecule has 0 saturated heterocycles. The predicted molar refractivity (Wildman–Crippen MR) is 83.9 cm³/mol. The monoisotopic (exact) mass is 312 g/mol. The van der Waals surface area contributed by atoms with Gasteiger partial charge in [0.2, 0.25) is 5.95 Å². The largest absolute Gasteiger partial charge is 0.352 e. The average molecular weight is 313 g/mol. The Bertz CT molecular complexity index is 666. The molecular weight excluding hydrogens is 296 g/mol. The Morgan fingerprint density at radius 2 is 2.00 bits per heavy atom. The third kappa shape index (κ3) is 2.71. The van der Waals surface area contributed by atoms with Crippen molar-refractivity contribution in [2.45, 2.75) is 26.8 Å². The quantitative estimate of drug-likeness (QED) is 0.884. The van der Waals surface area contributed by atoms with Crippen LogP contribution in [0.2, 0.25) is 5.15 Å². The maximum atomic E-state index is 12.1. The van der Waals surface area contributed by atoms with Gasteiger partial charge in [-0.1, -0.05) is 11.6 Å². The molecule has 0 aromatic carbocycles. The summed E-state index contributed by atoms with van der Waals surface area (Å²) >= 11 is 7.59. The highest BCUT2D eigenvalue weighted by molar-refractivity contribution is 7.20. The molecule has 0 bridgehead atoms. The minimum Gasteiger partial charge on any atom is -0.352 e. The molecule has 0 aliphatic rings. The third-order valence-corrected chi connectivity index (χ3v) is 4.21. The normalized spacial score (nSPS) is 11.2. The lowest BCUT2D eigenvalue weighted by Crippen LogP contribution is -2.21. The van der Waals surface area contributed by atoms with Crippen LogP contribution in [0.1, 0.15) is 29.1 Å². The van der Waals surface area contributed by atoms with Crippen LogP contribution >= 0.6 is 22.9 Å². The Morgan fingerprint density at radius 3 is 2.55 bits per heavy atom. The molecular formula is C13H17ClN4OS. The van der Waals surface area contributed by atoms with Crippen molar-refractivity contribution < 1.29 is 4.79 Å². The van der Waals surface area contributed by atoms with Gasteiger partial charge < -0.3 is 10.2 Å². The summed E-state index contributed by atoms with van der Waals surface area (Å²) in [6, 6.07) is 0.215. The summed E-state index contributed by atoms with van der Waals surface area (Å²) in [6.07, 6.45) is 0. The number of anilines is 1. The number of nitrogens with one attached hydrogen (secondary N) is 1. The van der Waals surface area contributed by atoms with Gasteiger partial charge in [0.05, 0.1) is 10.3 Å². The molecule has 108 valence electrons. The SMILES string of the molecule is Cc1c(C(=O)N(C)C)sc2nc(NC(C)C)nc(Cl)c12. The molecule has 0 saturated carbocycles. The lowest BCUT2D eigenvalue weighted by Gasteiger charge is -2.08. The van der Waals surface area contributed by atoms with Crippen molar-refractivity contribution >= 4 is 45.0 Å². The highest BCUT2D eigenvalue weighted by Gasteiger charge is 2.21. The Hall–Kier alpha value is -1.40. The molecule has 20 heavy (non-hydrogen) atoms. The molecule has 0 unspecified atom stereocenters. The van der Waals surface area contributed by atoms with Gasteiger partial charge >= 0.3 is 0 Å². The number of halogens is 1. The Labute approximate surface area is 127 Å². The summed E-state index contributed by atoms with van der Waals surface area (Å²) in [7, 11) is 3.45. The standard InChI is InChI=1S/C13H17ClN4OS/c1-6(2)15-13-16-10(14)8-7(3)9(12(19)18(4)5)20-11(8)17-13/h6H,1-5H3,(H,15,16,17). The van der Waals surface area contributed by atoms with Gasteiger partial charge in [0.15, 0.2) is 0 Å². The lowest BCUT2D eigenvalue weighted by atomic mass is 10.2. The van der Waals surface area contributed by atoms with E-state index < -0.39 is 0 Å². The van der Waals surface area contributed by atoms with Gasteiger partial charge in [-0.25, -0.2) is 9.97 Å². The number of nitrogens with zero attached hydrogens (tertiary/aromatic N) is 3. The summed E-state index contributed by atoms with van der Waals surface area (Å²) < 4.78 is 0. The maximum absolute atomic E-state index is 12.1. The number of fused-ring (bicyclic) bond motifs is 1. The smallest absolute Gasteiger partial charge is 0.263 e. The van der Waals surface area contributed by atoms with Crippen molar-refractivity contribution in [3.05, 3.63) is 15.6 Å². The van der Waals surface area contributed by atoms with Crippen LogP contribution in [0.3, 0.4) is 0 Å². The first-order valence-electron chi connectivity index (χ1n) is 6.26. The summed E-state index contributed by atoms with van der Waals surface area (Å²) in [5.41, 5.74) is 0.838. The van der Waals surface area contributed by atoms with Crippen LogP contribution in [0.4, 0.5) is 5.95 Å². The first kappa shape index (κ1) is 15.0. The highest BCUT2D eigenvalue weighted by Crippen LogP contribution is 2.34. The summed E-state index contributed by atoms with van der Waals surface area (Å²) in [5, 5.41) is 4.26. The Kier molecular flexibility index (Phi) is 4.15. The molecule has 0 fully saturated rings. The van der Waals surface area contributed by atoms with E-state index in [9.17, 15) is 4.79 Å². The number of amides is 1. The molecule has 2 heterocycles. The number of hydrogen-bond donors (Lipinski definition) is 1. The van der Waals surface area contributed by atoms with Crippen LogP contribution in [0.5, 0.6) is 0 Å². The van der Waals surface area contributed by atoms with Gasteiger partial charge in [-0.2, -0.15) is 0 Å². The molecule has 2 rings (SSSR count). The van der Waals surface area contributed by atoms with Gasteiger partial charge in [-0.05, 0) is 26.3 Å². The summed E-state index contributed by atoms with van der Waals surface area (Å²) in [6.45, 7) is 5.88. The molecule has 2 aromatic heterocycles. The maximum Gasteiger partial charge on any atom is 0.263 e. The lowest BCUT2D eigenvalue weighted by molar-refractivity contribution is 0.0831. The molecule has 0 aliphatic carbocycles. The number of carbonyl (C=O) groups is 1. The molecule has 0 atom stereocenters. The molecule has 1 N–H and O–H groups in total. The van der Waals surface area contributed by atoms with E-state index in [1.165, 1.54) is 11.3 Å². The summed E-state index contributed by atoms with van der Waals surface area (Å²) in [5.74, 6) is 0.447. The molecule has 1 amide bonds. The average Bonchev–Trinajstić information content (AvgIpc) is 2.64. The molecule has 0 spiro atoms. The predicted octanol–water partition coefficient (Wildman–Crippen LogP) is 3.18. The number of aryl methyl sites for hydroxylation is 1. The first-order chi connectivity index (χ1) is 9.31. The van der Waals surface area contributed by atoms with Gasteiger partial charge in [0, 0.05) is 20.1 Å². The minimum absolute atomic E-state index is 0.0417. The Morgan fingerprint density at radius 1 is 1.35 bits per heavy atom. The van der Waals surface area contributed by atoms with E-state index in [0.29, 0.717) is 16.0 Å². The Balaban J connectivity index is 2.59. The van der Waals surface area contributed by atoms with Crippen LogP contribution in [0.25, 0.3) is 10.2 Å². The molecule has 0 aliphatic heterocycles. The van der Waals surface area contributed by atoms with Crippen molar-refractivity contribution in [1.82, 2.24) is 14.9 Å². The third-order valence-electron chi connectivity index (χ3n) is 2.76. The van der Waals surface area contributed by atoms with Crippen LogP contribution in [-0.2, 0) is 0 Å². The van der Waals surface area contributed by atoms with Gasteiger partial charge in [0.25, 0.3) is 5.91 Å². The highest BCUT2D eigenvalue weighted by atomic mass is 35.5. The van der Waals surface area contributed by atoms with Crippen molar-refractivity contribution in [2.75, 3.05) is 19.4 Å². The second-order valence-electron chi connectivity index (χ2n) is 5.07. The topological polar surface area (TPSA) is 58.1 Å². The minimum atomic E-state index is -0.0417. The van der Waals surface area contributed by atoms with E-state index in [0.717, 1.165) is 15.8 Å². The summed E-state index contributed by atoms with van der Waals surface area (Å²) in [4.78, 5) is 23.8. The fourth-order valence-corrected chi connectivity index (χ4v) is 3.39. The van der Waals surface area contributed by atoms with E-state index >= 15 is 0 Å². The van der Waals surface area contributed by atoms with Gasteiger partial charge in [-0.15, -0.1) is 11.3 Å². The van der Waals surface area contributed by atoms with E-state index in [1.807, 2.05) is 20.8 Å². The second-order valence-corrected chi connectivity index (χ2v) is 6.43. The van der Waals surface area contributed by atoms with E-state index in [-0.39, 0.29) is 11.9 Å². The fraction of sp³-hybridized carbons (Fsp3) is 0.462. The fourth-order valence-electron chi connectivity index (χ4n) is 1.82. The van der Waals surface area contributed by atoms with E-state index in [2.05, 4.69) is 15.3 Å². The zero-order valence-electron chi connectivity index (χ0n) is 12.1. The molecule has 2 aromatic rings. The van der Waals surface area contributed by atoms with Crippen molar-refractivity contribution in [3.8, 4) is 0 Å². The van der Waals surface area contributed by atoms with Gasteiger partial charge in [-0.3, -0.25) is 4.79 Å². The first-order valence-corrected chi connectivity index (χ1v) is 7.45. The van der Waals surface area contributed by atoms with Crippen molar-refractivity contribution in [1.29, 1.82) is 0 Å². The number of hydrogen-bond acceptors (Lipinski definition) is 5. The van der Waals surface area contributed by atoms with Crippen molar-refractivity contribution in [2.24, 2.45) is 0 Å². The number of aromatic nitrogens is 2. The van der Waals surface area contributed by atoms with Gasteiger partial charge in [0.1, 0.15) is 9.98 Å². The zero-order valence-corrected chi connectivity index (χ0v) is 13.7. The van der Waals surface area contributed by atoms with Crippen LogP contribution in [-0.4, -0.2) is 40.9 Å². The number of rotatable bonds is 3. The molecule has 0 radical (unpaired) electrons. The van der Waals surface area contributed by atoms with E-state index in [4.69, 9.17) is 11.6 Å². The van der Waals surface area contributed by atoms with Crippen LogP contribution in [0, 0.1) is 6.92 Å². The van der Waals surface area contributed by atoms with E-state index in [1.54, 1.807) is 19.0 Å². The van der Waals surface area contributed by atoms with Crippen LogP contribution in [0.15, 0.2) is 0 Å². The molecule has 7 heteroatoms. The second kappa shape index (κ2) is 5.54. The van der Waals surface area contributed by atoms with Crippen LogP contribution < -0.4 is 5.32 Å². The zero-order chi connectivity index (χ0) is 15.0. The number of carbonyl (C=O) groups excluding carboxylic acids is 1.